The van der Waals surface area contributed by atoms with Crippen LogP contribution in [0.15, 0.2) is 24.3 Å². The van der Waals surface area contributed by atoms with E-state index in [1.807, 2.05) is 40.6 Å². The lowest BCUT2D eigenvalue weighted by atomic mass is 10.2. The molecule has 1 fully saturated rings. The van der Waals surface area contributed by atoms with E-state index in [0.717, 1.165) is 37.7 Å². The topological polar surface area (TPSA) is 35.2 Å². The van der Waals surface area contributed by atoms with Crippen molar-refractivity contribution >= 4 is 23.8 Å². The Morgan fingerprint density at radius 3 is 2.71 bits per heavy atom. The molecule has 0 aliphatic carbocycles. The van der Waals surface area contributed by atoms with Gasteiger partial charge in [-0.2, -0.15) is 5.10 Å². The quantitative estimate of drug-likeness (QED) is 0.813. The maximum Gasteiger partial charge on any atom is 0.199 e. The van der Waals surface area contributed by atoms with Crippen molar-refractivity contribution in [3.63, 3.8) is 0 Å². The van der Waals surface area contributed by atoms with E-state index < -0.39 is 0 Å². The summed E-state index contributed by atoms with van der Waals surface area (Å²) in [5.41, 5.74) is 0.897. The van der Waals surface area contributed by atoms with E-state index in [1.165, 1.54) is 0 Å². The van der Waals surface area contributed by atoms with Crippen molar-refractivity contribution in [3.05, 3.63) is 34.1 Å². The lowest BCUT2D eigenvalue weighted by Gasteiger charge is -2.26. The van der Waals surface area contributed by atoms with Crippen LogP contribution in [0.3, 0.4) is 0 Å². The van der Waals surface area contributed by atoms with E-state index in [9.17, 15) is 0 Å². The predicted octanol–water partition coefficient (Wildman–Crippen LogP) is 2.56. The molecular weight excluding hydrogens is 308 g/mol. The van der Waals surface area contributed by atoms with Gasteiger partial charge < -0.3 is 9.30 Å². The van der Waals surface area contributed by atoms with Crippen LogP contribution in [0.4, 0.5) is 0 Å². The van der Waals surface area contributed by atoms with Crippen molar-refractivity contribution in [2.45, 2.75) is 6.67 Å². The molecule has 0 spiro atoms. The highest BCUT2D eigenvalue weighted by atomic mass is 35.5. The monoisotopic (exact) mass is 324 g/mol. The van der Waals surface area contributed by atoms with Gasteiger partial charge in [0.1, 0.15) is 0 Å². The Bertz CT molecular complexity index is 691. The first kappa shape index (κ1) is 14.7. The molecule has 0 unspecified atom stereocenters. The summed E-state index contributed by atoms with van der Waals surface area (Å²) in [6.45, 7) is 4.01. The zero-order chi connectivity index (χ0) is 14.8. The van der Waals surface area contributed by atoms with E-state index in [2.05, 4.69) is 10.00 Å². The molecule has 0 amide bonds. The zero-order valence-electron chi connectivity index (χ0n) is 11.8. The number of benzene rings is 1. The van der Waals surface area contributed by atoms with E-state index in [1.54, 1.807) is 0 Å². The molecule has 3 rings (SSSR count). The van der Waals surface area contributed by atoms with Crippen LogP contribution in [0.2, 0.25) is 5.02 Å². The summed E-state index contributed by atoms with van der Waals surface area (Å²) in [4.78, 5) is 2.28. The first-order valence-electron chi connectivity index (χ1n) is 6.85. The molecule has 21 heavy (non-hydrogen) atoms. The van der Waals surface area contributed by atoms with Gasteiger partial charge in [0.05, 0.1) is 24.9 Å². The second-order valence-electron chi connectivity index (χ2n) is 5.02. The van der Waals surface area contributed by atoms with Crippen molar-refractivity contribution in [2.24, 2.45) is 7.05 Å². The fourth-order valence-corrected chi connectivity index (χ4v) is 2.79. The standard InChI is InChI=1S/C14H17ClN4OS/c1-17-13(11-4-2-3-5-12(11)15)16-19(14(17)21)10-18-6-8-20-9-7-18/h2-5H,6-10H2,1H3. The van der Waals surface area contributed by atoms with Crippen molar-refractivity contribution in [1.82, 2.24) is 19.2 Å². The Kier molecular flexibility index (Phi) is 4.40. The van der Waals surface area contributed by atoms with Gasteiger partial charge in [0.25, 0.3) is 0 Å². The molecule has 0 bridgehead atoms. The Labute approximate surface area is 133 Å². The van der Waals surface area contributed by atoms with Gasteiger partial charge in [-0.3, -0.25) is 4.90 Å². The van der Waals surface area contributed by atoms with Crippen molar-refractivity contribution in [2.75, 3.05) is 26.3 Å². The summed E-state index contributed by atoms with van der Waals surface area (Å²) in [6, 6.07) is 7.68. The average Bonchev–Trinajstić information content (AvgIpc) is 2.77. The molecule has 1 aliphatic heterocycles. The normalized spacial score (nSPS) is 16.3. The molecule has 0 radical (unpaired) electrons. The molecule has 1 aromatic carbocycles. The van der Waals surface area contributed by atoms with Gasteiger partial charge in [0.2, 0.25) is 0 Å². The van der Waals surface area contributed by atoms with Gasteiger partial charge in [0.15, 0.2) is 10.6 Å². The molecule has 0 atom stereocenters. The van der Waals surface area contributed by atoms with Crippen LogP contribution in [0.25, 0.3) is 11.4 Å². The number of nitrogens with zero attached hydrogens (tertiary/aromatic N) is 4. The van der Waals surface area contributed by atoms with Gasteiger partial charge >= 0.3 is 0 Å². The van der Waals surface area contributed by atoms with Crippen LogP contribution in [0.1, 0.15) is 0 Å². The number of halogens is 1. The Morgan fingerprint density at radius 2 is 2.00 bits per heavy atom. The molecule has 2 heterocycles. The van der Waals surface area contributed by atoms with E-state index in [4.69, 9.17) is 28.6 Å². The second kappa shape index (κ2) is 6.27. The van der Waals surface area contributed by atoms with E-state index in [-0.39, 0.29) is 0 Å². The molecule has 5 nitrogen and oxygen atoms in total. The summed E-state index contributed by atoms with van der Waals surface area (Å²) in [5.74, 6) is 0.791. The zero-order valence-corrected chi connectivity index (χ0v) is 13.4. The molecule has 2 aromatic rings. The third-order valence-corrected chi connectivity index (χ3v) is 4.41. The minimum Gasteiger partial charge on any atom is -0.379 e. The third-order valence-electron chi connectivity index (χ3n) is 3.59. The van der Waals surface area contributed by atoms with Crippen LogP contribution in [-0.2, 0) is 18.5 Å². The minimum absolute atomic E-state index is 0.680. The lowest BCUT2D eigenvalue weighted by molar-refractivity contribution is 0.0210. The van der Waals surface area contributed by atoms with Crippen LogP contribution < -0.4 is 0 Å². The van der Waals surface area contributed by atoms with Crippen LogP contribution in [0.5, 0.6) is 0 Å². The Morgan fingerprint density at radius 1 is 1.29 bits per heavy atom. The first-order chi connectivity index (χ1) is 10.2. The molecule has 0 saturated carbocycles. The third kappa shape index (κ3) is 3.03. The summed E-state index contributed by atoms with van der Waals surface area (Å²) in [6.07, 6.45) is 0. The molecule has 1 aliphatic rings. The number of rotatable bonds is 3. The molecule has 112 valence electrons. The van der Waals surface area contributed by atoms with E-state index >= 15 is 0 Å². The summed E-state index contributed by atoms with van der Waals surface area (Å²) in [5, 5.41) is 5.32. The van der Waals surface area contributed by atoms with E-state index in [0.29, 0.717) is 16.5 Å². The number of morpholine rings is 1. The molecule has 0 N–H and O–H groups in total. The maximum absolute atomic E-state index is 6.26. The van der Waals surface area contributed by atoms with Crippen LogP contribution in [0, 0.1) is 4.77 Å². The van der Waals surface area contributed by atoms with Gasteiger partial charge in [0, 0.05) is 25.7 Å². The van der Waals surface area contributed by atoms with Crippen molar-refractivity contribution in [3.8, 4) is 11.4 Å². The number of ether oxygens (including phenoxy) is 1. The number of hydrogen-bond acceptors (Lipinski definition) is 4. The van der Waals surface area contributed by atoms with Gasteiger partial charge in [-0.25, -0.2) is 4.68 Å². The lowest BCUT2D eigenvalue weighted by Crippen LogP contribution is -2.37. The largest absolute Gasteiger partial charge is 0.379 e. The number of aromatic nitrogens is 3. The van der Waals surface area contributed by atoms with Crippen LogP contribution in [-0.4, -0.2) is 45.6 Å². The fourth-order valence-electron chi connectivity index (χ4n) is 2.39. The minimum atomic E-state index is 0.680. The number of hydrogen-bond donors (Lipinski definition) is 0. The van der Waals surface area contributed by atoms with Crippen molar-refractivity contribution in [1.29, 1.82) is 0 Å². The SMILES string of the molecule is Cn1c(-c2ccccc2Cl)nn(CN2CCOCC2)c1=S. The summed E-state index contributed by atoms with van der Waals surface area (Å²) < 4.78 is 9.80. The fraction of sp³-hybridized carbons (Fsp3) is 0.429. The van der Waals surface area contributed by atoms with Gasteiger partial charge in [-0.1, -0.05) is 23.7 Å². The van der Waals surface area contributed by atoms with Crippen LogP contribution >= 0.6 is 23.8 Å². The average molecular weight is 325 g/mol. The maximum atomic E-state index is 6.26. The highest BCUT2D eigenvalue weighted by Crippen LogP contribution is 2.26. The Balaban J connectivity index is 1.92. The van der Waals surface area contributed by atoms with Crippen molar-refractivity contribution < 1.29 is 4.74 Å². The smallest absolute Gasteiger partial charge is 0.199 e. The molecule has 7 heteroatoms. The highest BCUT2D eigenvalue weighted by molar-refractivity contribution is 7.71. The summed E-state index contributed by atoms with van der Waals surface area (Å²) >= 11 is 11.7. The Hall–Kier alpha value is -1.21. The summed E-state index contributed by atoms with van der Waals surface area (Å²) in [7, 11) is 1.92. The highest BCUT2D eigenvalue weighted by Gasteiger charge is 2.16. The van der Waals surface area contributed by atoms with Gasteiger partial charge in [-0.05, 0) is 24.4 Å². The molecule has 1 saturated heterocycles. The first-order valence-corrected chi connectivity index (χ1v) is 7.64. The molecule has 1 aromatic heterocycles. The second-order valence-corrected chi connectivity index (χ2v) is 5.79. The van der Waals surface area contributed by atoms with Gasteiger partial charge in [-0.15, -0.1) is 0 Å². The predicted molar refractivity (Wildman–Crippen MR) is 84.9 cm³/mol. The molecular formula is C14H17ClN4OS.